The minimum atomic E-state index is -0.827. The lowest BCUT2D eigenvalue weighted by molar-refractivity contribution is 0.0606. The second-order valence-electron chi connectivity index (χ2n) is 3.21. The maximum Gasteiger partial charge on any atom is 0.0903 e. The van der Waals surface area contributed by atoms with Crippen LogP contribution in [0.1, 0.15) is 18.9 Å². The van der Waals surface area contributed by atoms with Gasteiger partial charge >= 0.3 is 0 Å². The molecule has 1 aromatic carbocycles. The highest BCUT2D eigenvalue weighted by molar-refractivity contribution is 6.25. The van der Waals surface area contributed by atoms with Gasteiger partial charge in [0.2, 0.25) is 0 Å². The Labute approximate surface area is 83.7 Å². The molecule has 0 aliphatic carbocycles. The second kappa shape index (κ2) is 4.45. The highest BCUT2D eigenvalue weighted by Crippen LogP contribution is 2.24. The van der Waals surface area contributed by atoms with Crippen LogP contribution in [-0.4, -0.2) is 5.11 Å². The van der Waals surface area contributed by atoms with Crippen molar-refractivity contribution in [1.82, 2.24) is 0 Å². The molecule has 1 unspecified atom stereocenters. The molecule has 0 saturated carbocycles. The summed E-state index contributed by atoms with van der Waals surface area (Å²) in [6.07, 6.45) is 2.27. The van der Waals surface area contributed by atoms with Crippen molar-refractivity contribution in [3.8, 4) is 0 Å². The molecule has 1 N–H and O–H groups in total. The molecular weight excluding hydrogens is 184 g/mol. The van der Waals surface area contributed by atoms with Crippen LogP contribution in [0.2, 0.25) is 0 Å². The van der Waals surface area contributed by atoms with Crippen molar-refractivity contribution >= 4 is 11.6 Å². The fraction of sp³-hybridized carbons (Fsp3) is 0.273. The first-order valence-electron chi connectivity index (χ1n) is 4.20. The van der Waals surface area contributed by atoms with E-state index in [-0.39, 0.29) is 0 Å². The summed E-state index contributed by atoms with van der Waals surface area (Å²) in [6.45, 7) is 1.78. The monoisotopic (exact) mass is 196 g/mol. The van der Waals surface area contributed by atoms with Gasteiger partial charge < -0.3 is 5.11 Å². The molecule has 0 saturated heterocycles. The van der Waals surface area contributed by atoms with E-state index in [2.05, 4.69) is 0 Å². The first-order valence-corrected chi connectivity index (χ1v) is 4.63. The zero-order valence-electron chi connectivity index (χ0n) is 7.57. The third-order valence-corrected chi connectivity index (χ3v) is 2.18. The Balaban J connectivity index is 2.81. The average Bonchev–Trinajstić information content (AvgIpc) is 2.16. The standard InChI is InChI=1S/C11H13ClO/c1-11(13,8-5-9-12)10-6-3-2-4-7-10/h2-7,9,13H,8H2,1H3/b9-5+. The van der Waals surface area contributed by atoms with E-state index < -0.39 is 5.60 Å². The van der Waals surface area contributed by atoms with E-state index in [4.69, 9.17) is 11.6 Å². The predicted molar refractivity (Wildman–Crippen MR) is 55.6 cm³/mol. The lowest BCUT2D eigenvalue weighted by Crippen LogP contribution is -2.19. The van der Waals surface area contributed by atoms with E-state index in [1.165, 1.54) is 5.54 Å². The lowest BCUT2D eigenvalue weighted by atomic mass is 9.93. The molecule has 0 aliphatic heterocycles. The van der Waals surface area contributed by atoms with Crippen molar-refractivity contribution in [3.63, 3.8) is 0 Å². The molecule has 1 aromatic rings. The van der Waals surface area contributed by atoms with Crippen LogP contribution in [0.25, 0.3) is 0 Å². The van der Waals surface area contributed by atoms with Gasteiger partial charge in [-0.3, -0.25) is 0 Å². The molecule has 13 heavy (non-hydrogen) atoms. The van der Waals surface area contributed by atoms with Crippen LogP contribution in [0.5, 0.6) is 0 Å². The van der Waals surface area contributed by atoms with Gasteiger partial charge in [0.15, 0.2) is 0 Å². The molecule has 70 valence electrons. The molecule has 0 spiro atoms. The van der Waals surface area contributed by atoms with E-state index >= 15 is 0 Å². The van der Waals surface area contributed by atoms with E-state index in [0.29, 0.717) is 6.42 Å². The third-order valence-electron chi connectivity index (χ3n) is 2.00. The van der Waals surface area contributed by atoms with Gasteiger partial charge in [0.05, 0.1) is 5.60 Å². The van der Waals surface area contributed by atoms with Crippen molar-refractivity contribution in [2.45, 2.75) is 18.9 Å². The van der Waals surface area contributed by atoms with Crippen molar-refractivity contribution in [3.05, 3.63) is 47.5 Å². The highest BCUT2D eigenvalue weighted by atomic mass is 35.5. The quantitative estimate of drug-likeness (QED) is 0.788. The molecule has 0 aliphatic rings. The Bertz CT molecular complexity index is 277. The molecule has 1 nitrogen and oxygen atoms in total. The molecule has 1 atom stereocenters. The van der Waals surface area contributed by atoms with E-state index in [1.807, 2.05) is 30.3 Å². The van der Waals surface area contributed by atoms with Gasteiger partial charge in [0.25, 0.3) is 0 Å². The smallest absolute Gasteiger partial charge is 0.0903 e. The topological polar surface area (TPSA) is 20.2 Å². The summed E-state index contributed by atoms with van der Waals surface area (Å²) in [7, 11) is 0. The maximum atomic E-state index is 10.0. The number of hydrogen-bond acceptors (Lipinski definition) is 1. The van der Waals surface area contributed by atoms with Crippen molar-refractivity contribution in [2.24, 2.45) is 0 Å². The molecular formula is C11H13ClO. The Morgan fingerprint density at radius 1 is 1.38 bits per heavy atom. The fourth-order valence-corrected chi connectivity index (χ4v) is 1.28. The first kappa shape index (κ1) is 10.3. The zero-order valence-corrected chi connectivity index (χ0v) is 8.33. The van der Waals surface area contributed by atoms with Crippen LogP contribution < -0.4 is 0 Å². The van der Waals surface area contributed by atoms with Gasteiger partial charge in [0.1, 0.15) is 0 Å². The summed E-state index contributed by atoms with van der Waals surface area (Å²) >= 11 is 5.40. The van der Waals surface area contributed by atoms with Crippen LogP contribution in [0.4, 0.5) is 0 Å². The molecule has 0 aromatic heterocycles. The summed E-state index contributed by atoms with van der Waals surface area (Å²) < 4.78 is 0. The Morgan fingerprint density at radius 3 is 2.54 bits per heavy atom. The number of benzene rings is 1. The summed E-state index contributed by atoms with van der Waals surface area (Å²) in [4.78, 5) is 0. The van der Waals surface area contributed by atoms with E-state index in [1.54, 1.807) is 13.0 Å². The Hall–Kier alpha value is -0.790. The molecule has 1 rings (SSSR count). The minimum absolute atomic E-state index is 0.528. The largest absolute Gasteiger partial charge is 0.385 e. The van der Waals surface area contributed by atoms with E-state index in [9.17, 15) is 5.11 Å². The maximum absolute atomic E-state index is 10.0. The van der Waals surface area contributed by atoms with Crippen LogP contribution in [0.15, 0.2) is 41.9 Å². The summed E-state index contributed by atoms with van der Waals surface area (Å²) in [5.41, 5.74) is 1.51. The normalized spacial score (nSPS) is 15.9. The number of rotatable bonds is 3. The minimum Gasteiger partial charge on any atom is -0.385 e. The van der Waals surface area contributed by atoms with Crippen molar-refractivity contribution in [1.29, 1.82) is 0 Å². The first-order chi connectivity index (χ1) is 6.17. The van der Waals surface area contributed by atoms with Crippen LogP contribution >= 0.6 is 11.6 Å². The van der Waals surface area contributed by atoms with Crippen LogP contribution in [0, 0.1) is 0 Å². The number of aliphatic hydroxyl groups is 1. The molecule has 0 bridgehead atoms. The Morgan fingerprint density at radius 2 is 2.00 bits per heavy atom. The molecule has 0 fully saturated rings. The SMILES string of the molecule is CC(O)(C/C=C/Cl)c1ccccc1. The van der Waals surface area contributed by atoms with Crippen molar-refractivity contribution in [2.75, 3.05) is 0 Å². The predicted octanol–water partition coefficient (Wildman–Crippen LogP) is 3.04. The van der Waals surface area contributed by atoms with Gasteiger partial charge in [-0.25, -0.2) is 0 Å². The van der Waals surface area contributed by atoms with E-state index in [0.717, 1.165) is 5.56 Å². The van der Waals surface area contributed by atoms with Gasteiger partial charge in [-0.05, 0) is 18.9 Å². The van der Waals surface area contributed by atoms with Gasteiger partial charge in [0, 0.05) is 5.54 Å². The molecule has 0 amide bonds. The lowest BCUT2D eigenvalue weighted by Gasteiger charge is -2.21. The van der Waals surface area contributed by atoms with Gasteiger partial charge in [-0.15, -0.1) is 0 Å². The van der Waals surface area contributed by atoms with Gasteiger partial charge in [-0.2, -0.15) is 0 Å². The Kier molecular flexibility index (Phi) is 3.52. The summed E-state index contributed by atoms with van der Waals surface area (Å²) in [5.74, 6) is 0. The number of hydrogen-bond donors (Lipinski definition) is 1. The van der Waals surface area contributed by atoms with Gasteiger partial charge in [-0.1, -0.05) is 48.0 Å². The number of halogens is 1. The average molecular weight is 197 g/mol. The van der Waals surface area contributed by atoms with Crippen LogP contribution in [0.3, 0.4) is 0 Å². The summed E-state index contributed by atoms with van der Waals surface area (Å²) in [6, 6.07) is 9.56. The molecule has 0 heterocycles. The molecule has 2 heteroatoms. The van der Waals surface area contributed by atoms with Crippen molar-refractivity contribution < 1.29 is 5.11 Å². The fourth-order valence-electron chi connectivity index (χ4n) is 1.19. The highest BCUT2D eigenvalue weighted by Gasteiger charge is 2.20. The third kappa shape index (κ3) is 2.87. The zero-order chi connectivity index (χ0) is 9.73. The molecule has 0 radical (unpaired) electrons. The second-order valence-corrected chi connectivity index (χ2v) is 3.46. The summed E-state index contributed by atoms with van der Waals surface area (Å²) in [5, 5.41) is 10.0. The van der Waals surface area contributed by atoms with Crippen LogP contribution in [-0.2, 0) is 5.60 Å².